The van der Waals surface area contributed by atoms with Crippen LogP contribution >= 0.6 is 23.4 Å². The molecule has 1 atom stereocenters. The van der Waals surface area contributed by atoms with Gasteiger partial charge in [0, 0.05) is 26.9 Å². The van der Waals surface area contributed by atoms with Crippen molar-refractivity contribution in [2.24, 2.45) is 0 Å². The zero-order valence-corrected chi connectivity index (χ0v) is 24.5. The van der Waals surface area contributed by atoms with Crippen molar-refractivity contribution in [1.82, 2.24) is 5.32 Å². The number of para-hydroxylation sites is 1. The molecule has 0 aliphatic rings. The molecule has 0 aromatic heterocycles. The quantitative estimate of drug-likeness (QED) is 0.141. The molecular formula is C33H30ClN3O3S. The first-order valence-corrected chi connectivity index (χ1v) is 14.2. The van der Waals surface area contributed by atoms with E-state index < -0.39 is 11.8 Å². The van der Waals surface area contributed by atoms with Crippen LogP contribution in [0.3, 0.4) is 0 Å². The third kappa shape index (κ3) is 8.33. The number of thioether (sulfide) groups is 1. The molecule has 0 fully saturated rings. The SMILES string of the molecule is Cc1cccc(C)c1NC(=O)C(C)Sc1ccc(NC(=O)/C(=C/c2cccc(Cl)c2)NC(=O)c2ccccc2)cc1. The first kappa shape index (κ1) is 29.6. The molecule has 0 saturated carbocycles. The fraction of sp³-hybridized carbons (Fsp3) is 0.121. The van der Waals surface area contributed by atoms with Crippen molar-refractivity contribution >= 4 is 58.5 Å². The van der Waals surface area contributed by atoms with Gasteiger partial charge in [-0.3, -0.25) is 14.4 Å². The lowest BCUT2D eigenvalue weighted by Gasteiger charge is -2.16. The van der Waals surface area contributed by atoms with E-state index >= 15 is 0 Å². The monoisotopic (exact) mass is 583 g/mol. The second-order valence-electron chi connectivity index (χ2n) is 9.43. The molecule has 4 rings (SSSR count). The number of hydrogen-bond donors (Lipinski definition) is 3. The Kier molecular flexibility index (Phi) is 10.0. The average Bonchev–Trinajstić information content (AvgIpc) is 2.96. The van der Waals surface area contributed by atoms with Crippen molar-refractivity contribution in [1.29, 1.82) is 0 Å². The summed E-state index contributed by atoms with van der Waals surface area (Å²) in [7, 11) is 0. The van der Waals surface area contributed by atoms with Crippen LogP contribution in [0.1, 0.15) is 34.0 Å². The molecule has 4 aromatic carbocycles. The Hall–Kier alpha value is -4.33. The smallest absolute Gasteiger partial charge is 0.272 e. The van der Waals surface area contributed by atoms with Gasteiger partial charge in [-0.15, -0.1) is 11.8 Å². The number of anilines is 2. The van der Waals surface area contributed by atoms with Crippen LogP contribution in [0.15, 0.2) is 108 Å². The first-order valence-electron chi connectivity index (χ1n) is 13.0. The van der Waals surface area contributed by atoms with E-state index in [1.807, 2.05) is 57.2 Å². The maximum atomic E-state index is 13.3. The zero-order valence-electron chi connectivity index (χ0n) is 22.9. The Bertz CT molecular complexity index is 1570. The summed E-state index contributed by atoms with van der Waals surface area (Å²) < 4.78 is 0. The number of rotatable bonds is 9. The van der Waals surface area contributed by atoms with E-state index in [0.717, 1.165) is 21.7 Å². The maximum Gasteiger partial charge on any atom is 0.272 e. The van der Waals surface area contributed by atoms with Crippen molar-refractivity contribution in [3.63, 3.8) is 0 Å². The normalized spacial score (nSPS) is 11.9. The van der Waals surface area contributed by atoms with Gasteiger partial charge in [0.05, 0.1) is 5.25 Å². The van der Waals surface area contributed by atoms with Crippen LogP contribution < -0.4 is 16.0 Å². The van der Waals surface area contributed by atoms with Gasteiger partial charge >= 0.3 is 0 Å². The number of carbonyl (C=O) groups excluding carboxylic acids is 3. The number of aryl methyl sites for hydroxylation is 2. The van der Waals surface area contributed by atoms with E-state index in [4.69, 9.17) is 11.6 Å². The molecular weight excluding hydrogens is 554 g/mol. The predicted octanol–water partition coefficient (Wildman–Crippen LogP) is 7.49. The van der Waals surface area contributed by atoms with Gasteiger partial charge in [0.2, 0.25) is 5.91 Å². The molecule has 41 heavy (non-hydrogen) atoms. The standard InChI is InChI=1S/C33H30ClN3O3S/c1-21-9-7-10-22(2)30(21)37-31(38)23(3)41-28-17-15-27(16-18-28)35-33(40)29(20-24-11-8-14-26(34)19-24)36-32(39)25-12-5-4-6-13-25/h4-20,23H,1-3H3,(H,35,40)(H,36,39)(H,37,38)/b29-20-. The van der Waals surface area contributed by atoms with Crippen molar-refractivity contribution in [2.45, 2.75) is 30.9 Å². The predicted molar refractivity (Wildman–Crippen MR) is 168 cm³/mol. The third-order valence-corrected chi connectivity index (χ3v) is 7.56. The Labute approximate surface area is 249 Å². The van der Waals surface area contributed by atoms with Crippen molar-refractivity contribution in [3.8, 4) is 0 Å². The first-order chi connectivity index (χ1) is 19.7. The minimum Gasteiger partial charge on any atom is -0.325 e. The highest BCUT2D eigenvalue weighted by Gasteiger charge is 2.18. The highest BCUT2D eigenvalue weighted by Crippen LogP contribution is 2.27. The lowest BCUT2D eigenvalue weighted by Crippen LogP contribution is -2.30. The van der Waals surface area contributed by atoms with Gasteiger partial charge in [0.1, 0.15) is 5.70 Å². The summed E-state index contributed by atoms with van der Waals surface area (Å²) in [4.78, 5) is 39.8. The van der Waals surface area contributed by atoms with Gasteiger partial charge in [-0.05, 0) is 92.1 Å². The molecule has 6 nitrogen and oxygen atoms in total. The fourth-order valence-corrected chi connectivity index (χ4v) is 5.08. The summed E-state index contributed by atoms with van der Waals surface area (Å²) in [6.07, 6.45) is 1.57. The van der Waals surface area contributed by atoms with Gasteiger partial charge in [0.25, 0.3) is 11.8 Å². The molecule has 0 heterocycles. The number of amides is 3. The number of hydrogen-bond acceptors (Lipinski definition) is 4. The highest BCUT2D eigenvalue weighted by atomic mass is 35.5. The van der Waals surface area contributed by atoms with Gasteiger partial charge in [0.15, 0.2) is 0 Å². The molecule has 3 amide bonds. The molecule has 8 heteroatoms. The minimum atomic E-state index is -0.490. The van der Waals surface area contributed by atoms with Crippen LogP contribution in [0, 0.1) is 13.8 Å². The molecule has 0 spiro atoms. The summed E-state index contributed by atoms with van der Waals surface area (Å²) in [6.45, 7) is 5.79. The zero-order chi connectivity index (χ0) is 29.4. The Balaban J connectivity index is 1.44. The van der Waals surface area contributed by atoms with Gasteiger partial charge in [-0.25, -0.2) is 0 Å². The van der Waals surface area contributed by atoms with Crippen molar-refractivity contribution in [3.05, 3.63) is 130 Å². The lowest BCUT2D eigenvalue weighted by molar-refractivity contribution is -0.115. The van der Waals surface area contributed by atoms with Crippen LogP contribution in [-0.4, -0.2) is 23.0 Å². The number of halogens is 1. The third-order valence-electron chi connectivity index (χ3n) is 6.21. The van der Waals surface area contributed by atoms with Crippen molar-refractivity contribution < 1.29 is 14.4 Å². The molecule has 0 aliphatic carbocycles. The van der Waals surface area contributed by atoms with E-state index in [9.17, 15) is 14.4 Å². The fourth-order valence-electron chi connectivity index (χ4n) is 4.01. The van der Waals surface area contributed by atoms with Gasteiger partial charge in [-0.1, -0.05) is 60.1 Å². The van der Waals surface area contributed by atoms with E-state index in [1.165, 1.54) is 11.8 Å². The molecule has 0 radical (unpaired) electrons. The summed E-state index contributed by atoms with van der Waals surface area (Å²) in [5.41, 5.74) is 4.56. The van der Waals surface area contributed by atoms with E-state index in [-0.39, 0.29) is 16.9 Å². The van der Waals surface area contributed by atoms with Crippen LogP contribution in [-0.2, 0) is 9.59 Å². The van der Waals surface area contributed by atoms with E-state index in [1.54, 1.807) is 66.7 Å². The molecule has 0 bridgehead atoms. The van der Waals surface area contributed by atoms with Gasteiger partial charge in [-0.2, -0.15) is 0 Å². The number of carbonyl (C=O) groups is 3. The Morgan fingerprint density at radius 2 is 1.46 bits per heavy atom. The van der Waals surface area contributed by atoms with Crippen LogP contribution in [0.5, 0.6) is 0 Å². The van der Waals surface area contributed by atoms with Crippen LogP contribution in [0.25, 0.3) is 6.08 Å². The second kappa shape index (κ2) is 13.8. The van der Waals surface area contributed by atoms with Crippen LogP contribution in [0.2, 0.25) is 5.02 Å². The summed E-state index contributed by atoms with van der Waals surface area (Å²) in [5.74, 6) is -0.986. The number of benzene rings is 4. The summed E-state index contributed by atoms with van der Waals surface area (Å²) in [6, 6.07) is 28.7. The highest BCUT2D eigenvalue weighted by molar-refractivity contribution is 8.00. The summed E-state index contributed by atoms with van der Waals surface area (Å²) >= 11 is 7.54. The molecule has 4 aromatic rings. The molecule has 1 unspecified atom stereocenters. The maximum absolute atomic E-state index is 13.3. The Morgan fingerprint density at radius 1 is 0.805 bits per heavy atom. The molecule has 0 aliphatic heterocycles. The van der Waals surface area contributed by atoms with Crippen molar-refractivity contribution in [2.75, 3.05) is 10.6 Å². The molecule has 208 valence electrons. The minimum absolute atomic E-state index is 0.0661. The average molecular weight is 584 g/mol. The lowest BCUT2D eigenvalue weighted by atomic mass is 10.1. The molecule has 3 N–H and O–H groups in total. The number of nitrogens with one attached hydrogen (secondary N) is 3. The molecule has 0 saturated heterocycles. The van der Waals surface area contributed by atoms with Crippen LogP contribution in [0.4, 0.5) is 11.4 Å². The largest absolute Gasteiger partial charge is 0.325 e. The van der Waals surface area contributed by atoms with E-state index in [0.29, 0.717) is 21.8 Å². The second-order valence-corrected chi connectivity index (χ2v) is 11.3. The van der Waals surface area contributed by atoms with Gasteiger partial charge < -0.3 is 16.0 Å². The Morgan fingerprint density at radius 3 is 2.12 bits per heavy atom. The summed E-state index contributed by atoms with van der Waals surface area (Å²) in [5, 5.41) is 8.76. The topological polar surface area (TPSA) is 87.3 Å². The van der Waals surface area contributed by atoms with E-state index in [2.05, 4.69) is 16.0 Å².